The summed E-state index contributed by atoms with van der Waals surface area (Å²) in [5.41, 5.74) is 0. The van der Waals surface area contributed by atoms with Gasteiger partial charge >= 0.3 is 12.1 Å². The molecule has 0 aromatic carbocycles. The van der Waals surface area contributed by atoms with Crippen LogP contribution in [0.2, 0.25) is 0 Å². The molecule has 0 atom stereocenters. The van der Waals surface area contributed by atoms with Crippen molar-refractivity contribution in [3.8, 4) is 0 Å². The summed E-state index contributed by atoms with van der Waals surface area (Å²) >= 11 is 0. The van der Waals surface area contributed by atoms with E-state index >= 15 is 0 Å². The first-order valence-corrected chi connectivity index (χ1v) is 3.61. The summed E-state index contributed by atoms with van der Waals surface area (Å²) in [4.78, 5) is 19.4. The second-order valence-corrected chi connectivity index (χ2v) is 1.75. The number of ether oxygens (including phenoxy) is 2. The molecular weight excluding hydrogens is 232 g/mol. The van der Waals surface area contributed by atoms with Gasteiger partial charge in [0.05, 0.1) is 26.7 Å². The van der Waals surface area contributed by atoms with E-state index in [0.717, 1.165) is 0 Å². The molecule has 0 aromatic heterocycles. The molecule has 0 saturated heterocycles. The summed E-state index contributed by atoms with van der Waals surface area (Å²) in [6.45, 7) is 1.82. The molecule has 0 aliphatic rings. The molecule has 0 unspecified atom stereocenters. The second-order valence-electron chi connectivity index (χ2n) is 1.75. The molecule has 0 radical (unpaired) electrons. The van der Waals surface area contributed by atoms with Crippen molar-refractivity contribution in [2.24, 2.45) is 0 Å². The second kappa shape index (κ2) is 19.5. The van der Waals surface area contributed by atoms with Crippen LogP contribution < -0.4 is 0 Å². The Morgan fingerprint density at radius 2 is 1.80 bits per heavy atom. The Morgan fingerprint density at radius 1 is 1.33 bits per heavy atom. The molecule has 0 heterocycles. The smallest absolute Gasteiger partial charge is 0.481 e. The third-order valence-electron chi connectivity index (χ3n) is 0.755. The molecule has 7 heteroatoms. The minimum atomic E-state index is -0.961. The maximum Gasteiger partial charge on any atom is 0.507 e. The summed E-state index contributed by atoms with van der Waals surface area (Å²) in [5.74, 6) is -0.961. The van der Waals surface area contributed by atoms with Gasteiger partial charge in [0.1, 0.15) is 0 Å². The molecule has 0 amide bonds. The van der Waals surface area contributed by atoms with E-state index in [9.17, 15) is 9.59 Å². The summed E-state index contributed by atoms with van der Waals surface area (Å²) in [6, 6.07) is 0. The maximum absolute atomic E-state index is 9.97. The molecule has 94 valence electrons. The Kier molecular flexibility index (Phi) is 31.6. The van der Waals surface area contributed by atoms with E-state index in [-0.39, 0.29) is 58.2 Å². The first-order valence-electron chi connectivity index (χ1n) is 3.61. The fourth-order valence-corrected chi connectivity index (χ4v) is 0.272. The third kappa shape index (κ3) is 31.5. The van der Waals surface area contributed by atoms with Crippen LogP contribution in [0.25, 0.3) is 0 Å². The number of carboxylic acids is 1. The molecule has 0 rings (SSSR count). The van der Waals surface area contributed by atoms with Crippen molar-refractivity contribution in [3.05, 3.63) is 0 Å². The van der Waals surface area contributed by atoms with Crippen LogP contribution in [0, 0.1) is 37.7 Å². The number of carbonyl (C=O) groups excluding carboxylic acids is 1. The van der Waals surface area contributed by atoms with E-state index in [0.29, 0.717) is 6.61 Å². The number of carbonyl (C=O) groups is 2. The molecule has 2 N–H and O–H groups in total. The molecule has 0 bridgehead atoms. The van der Waals surface area contributed by atoms with Crippen molar-refractivity contribution in [2.45, 2.75) is 20.8 Å². The van der Waals surface area contributed by atoms with Gasteiger partial charge in [0, 0.05) is 37.7 Å². The van der Waals surface area contributed by atoms with Gasteiger partial charge in [-0.1, -0.05) is 7.43 Å². The number of aliphatic carboxylic acids is 1. The van der Waals surface area contributed by atoms with E-state index in [4.69, 9.17) is 10.2 Å². The fraction of sp³-hybridized carbons (Fsp3) is 0.750. The first-order chi connectivity index (χ1) is 6.08. The van der Waals surface area contributed by atoms with Crippen LogP contribution in [0.3, 0.4) is 0 Å². The zero-order valence-electron chi connectivity index (χ0n) is 8.00. The number of aliphatic hydroxyl groups excluding tert-OH is 1. The Balaban J connectivity index is -0.0000000718. The number of rotatable bonds is 3. The number of aliphatic hydroxyl groups is 1. The fourth-order valence-electron chi connectivity index (χ4n) is 0.272. The maximum atomic E-state index is 9.97. The van der Waals surface area contributed by atoms with Gasteiger partial charge in [0.2, 0.25) is 0 Å². The SMILES string of the molecule is C.CCOC(=O)OC.O=C(O)CCO.[Ar]. The minimum Gasteiger partial charge on any atom is -0.481 e. The van der Waals surface area contributed by atoms with E-state index in [1.165, 1.54) is 7.11 Å². The Morgan fingerprint density at radius 3 is 1.87 bits per heavy atom. The molecule has 0 aliphatic carbocycles. The first kappa shape index (κ1) is 24.3. The number of hydrogen-bond donors (Lipinski definition) is 2. The summed E-state index contributed by atoms with van der Waals surface area (Å²) < 4.78 is 8.46. The third-order valence-corrected chi connectivity index (χ3v) is 0.755. The average Bonchev–Trinajstić information content (AvgIpc) is 2.05. The topological polar surface area (TPSA) is 93.1 Å². The molecule has 0 aromatic rings. The van der Waals surface area contributed by atoms with Gasteiger partial charge in [0.25, 0.3) is 0 Å². The van der Waals surface area contributed by atoms with Crippen LogP contribution in [0.1, 0.15) is 20.8 Å². The molecule has 0 fully saturated rings. The van der Waals surface area contributed by atoms with Crippen molar-refractivity contribution in [2.75, 3.05) is 20.3 Å². The molecule has 0 saturated carbocycles. The molecule has 0 aliphatic heterocycles. The molecule has 6 nitrogen and oxygen atoms in total. The zero-order valence-corrected chi connectivity index (χ0v) is 8.71. The van der Waals surface area contributed by atoms with Gasteiger partial charge in [-0.3, -0.25) is 4.79 Å². The average molecular weight is 250 g/mol. The standard InChI is InChI=1S/C4H8O3.C3H6O3.CH4.Ar/c1-3-7-4(5)6-2;4-2-1-3(5)6;;/h3H2,1-2H3;4H,1-2H2,(H,5,6);1H4;. The van der Waals surface area contributed by atoms with Crippen molar-refractivity contribution in [1.29, 1.82) is 0 Å². The Hall–Kier alpha value is -0.0403. The van der Waals surface area contributed by atoms with Crippen LogP contribution in [-0.2, 0) is 14.3 Å². The van der Waals surface area contributed by atoms with E-state index in [1.807, 2.05) is 0 Å². The van der Waals surface area contributed by atoms with Crippen molar-refractivity contribution in [1.82, 2.24) is 0 Å². The monoisotopic (exact) mass is 250 g/mol. The van der Waals surface area contributed by atoms with Crippen LogP contribution in [-0.4, -0.2) is 42.7 Å². The Bertz CT molecular complexity index is 150. The van der Waals surface area contributed by atoms with Crippen molar-refractivity contribution >= 4 is 12.1 Å². The van der Waals surface area contributed by atoms with Crippen molar-refractivity contribution in [3.63, 3.8) is 0 Å². The van der Waals surface area contributed by atoms with Crippen LogP contribution >= 0.6 is 0 Å². The zero-order chi connectivity index (χ0) is 10.7. The normalized spacial score (nSPS) is 6.87. The summed E-state index contributed by atoms with van der Waals surface area (Å²) in [5, 5.41) is 15.6. The van der Waals surface area contributed by atoms with Gasteiger partial charge in [-0.2, -0.15) is 0 Å². The van der Waals surface area contributed by atoms with E-state index < -0.39 is 12.1 Å². The van der Waals surface area contributed by atoms with Crippen LogP contribution in [0.15, 0.2) is 0 Å². The molecular formula is C8H18ArO6. The number of hydrogen-bond acceptors (Lipinski definition) is 5. The van der Waals surface area contributed by atoms with Crippen molar-refractivity contribution < 1.29 is 67.0 Å². The van der Waals surface area contributed by atoms with Gasteiger partial charge in [-0.15, -0.1) is 0 Å². The predicted octanol–water partition coefficient (Wildman–Crippen LogP) is 0.879. The van der Waals surface area contributed by atoms with Gasteiger partial charge in [0.15, 0.2) is 0 Å². The largest absolute Gasteiger partial charge is 0.507 e. The Labute approximate surface area is 120 Å². The predicted molar refractivity (Wildman–Crippen MR) is 50.1 cm³/mol. The van der Waals surface area contributed by atoms with E-state index in [1.54, 1.807) is 6.92 Å². The summed E-state index contributed by atoms with van der Waals surface area (Å²) in [7, 11) is 1.28. The summed E-state index contributed by atoms with van der Waals surface area (Å²) in [6.07, 6.45) is -0.775. The number of methoxy groups -OCH3 is 1. The quantitative estimate of drug-likeness (QED) is 0.722. The number of carboxylic acid groups (broad SMARTS) is 1. The van der Waals surface area contributed by atoms with Crippen LogP contribution in [0.5, 0.6) is 0 Å². The van der Waals surface area contributed by atoms with Gasteiger partial charge < -0.3 is 19.7 Å². The van der Waals surface area contributed by atoms with E-state index in [2.05, 4.69) is 9.47 Å². The van der Waals surface area contributed by atoms with Gasteiger partial charge in [-0.05, 0) is 6.92 Å². The minimum absolute atomic E-state index is 0. The van der Waals surface area contributed by atoms with Gasteiger partial charge in [-0.25, -0.2) is 4.79 Å². The molecule has 0 spiro atoms. The molecule has 15 heavy (non-hydrogen) atoms. The van der Waals surface area contributed by atoms with Crippen LogP contribution in [0.4, 0.5) is 4.79 Å².